The Kier molecular flexibility index (Phi) is 3.94. The van der Waals surface area contributed by atoms with Crippen molar-refractivity contribution in [1.82, 2.24) is 0 Å². The minimum atomic E-state index is -2.28. The summed E-state index contributed by atoms with van der Waals surface area (Å²) in [5.74, 6) is -1.20. The van der Waals surface area contributed by atoms with Crippen LogP contribution in [0.1, 0.15) is 6.42 Å². The molecule has 0 fully saturated rings. The fraction of sp³-hybridized carbons (Fsp3) is 0.250. The van der Waals surface area contributed by atoms with Crippen molar-refractivity contribution in [2.24, 2.45) is 4.99 Å². The third kappa shape index (κ3) is 2.73. The first-order valence-electron chi connectivity index (χ1n) is 3.80. The predicted octanol–water partition coefficient (Wildman–Crippen LogP) is 2.54. The van der Waals surface area contributed by atoms with Crippen LogP contribution >= 0.6 is 10.9 Å². The Morgan fingerprint density at radius 1 is 1.50 bits per heavy atom. The van der Waals surface area contributed by atoms with Gasteiger partial charge < -0.3 is 0 Å². The van der Waals surface area contributed by atoms with Crippen LogP contribution < -0.4 is 0 Å². The molecule has 0 bridgehead atoms. The molecule has 1 rings (SSSR count). The number of allylic oxidation sites excluding steroid dienone is 2. The normalized spacial score (nSPS) is 21.9. The Morgan fingerprint density at radius 3 is 2.79 bits per heavy atom. The highest BCUT2D eigenvalue weighted by molar-refractivity contribution is 8.32. The molecular formula is C8H8F3NOS. The van der Waals surface area contributed by atoms with Gasteiger partial charge in [0.1, 0.15) is 0 Å². The molecule has 1 aliphatic heterocycles. The van der Waals surface area contributed by atoms with Crippen molar-refractivity contribution < 1.29 is 18.0 Å². The Morgan fingerprint density at radius 2 is 2.21 bits per heavy atom. The molecule has 0 aromatic carbocycles. The van der Waals surface area contributed by atoms with Crippen LogP contribution in [-0.2, 0) is 4.79 Å². The molecule has 1 aliphatic rings. The Labute approximate surface area is 81.6 Å². The number of nitrogens with zero attached hydrogens (tertiary/aromatic N) is 1. The Bertz CT molecular complexity index is 321. The largest absolute Gasteiger partial charge is 0.301 e. The molecule has 1 unspecified atom stereocenters. The van der Waals surface area contributed by atoms with E-state index >= 15 is 0 Å². The molecule has 2 nitrogen and oxygen atoms in total. The standard InChI is InChI=1S/C8H8F3NOS/c9-7(8(10)11)1-2-14-5-12-3-6(14)4-13/h3-5,14H,1-2H2. The first-order chi connectivity index (χ1) is 6.65. The number of thiol groups is 1. The van der Waals surface area contributed by atoms with Crippen molar-refractivity contribution >= 4 is 22.7 Å². The second-order valence-electron chi connectivity index (χ2n) is 2.55. The average molecular weight is 223 g/mol. The van der Waals surface area contributed by atoms with Crippen LogP contribution in [-0.4, -0.2) is 17.6 Å². The molecule has 6 heteroatoms. The average Bonchev–Trinajstić information content (AvgIpc) is 2.60. The van der Waals surface area contributed by atoms with Crippen molar-refractivity contribution in [1.29, 1.82) is 0 Å². The van der Waals surface area contributed by atoms with E-state index in [4.69, 9.17) is 0 Å². The van der Waals surface area contributed by atoms with Crippen LogP contribution in [0, 0.1) is 0 Å². The zero-order chi connectivity index (χ0) is 10.6. The van der Waals surface area contributed by atoms with E-state index in [1.807, 2.05) is 0 Å². The first-order valence-corrected chi connectivity index (χ1v) is 5.39. The molecule has 0 N–H and O–H groups in total. The molecular weight excluding hydrogens is 215 g/mol. The molecule has 0 aromatic rings. The van der Waals surface area contributed by atoms with E-state index in [9.17, 15) is 18.0 Å². The summed E-state index contributed by atoms with van der Waals surface area (Å²) in [4.78, 5) is 14.6. The van der Waals surface area contributed by atoms with Gasteiger partial charge in [-0.1, -0.05) is 0 Å². The molecule has 0 aliphatic carbocycles. The smallest absolute Gasteiger partial charge is 0.297 e. The van der Waals surface area contributed by atoms with Crippen LogP contribution in [0.4, 0.5) is 13.2 Å². The summed E-state index contributed by atoms with van der Waals surface area (Å²) < 4.78 is 35.7. The number of carbonyl (C=O) groups excluding carboxylic acids is 1. The number of aldehydes is 1. The number of halogens is 3. The third-order valence-corrected chi connectivity index (χ3v) is 3.64. The van der Waals surface area contributed by atoms with Crippen molar-refractivity contribution in [3.05, 3.63) is 23.0 Å². The van der Waals surface area contributed by atoms with Gasteiger partial charge in [0, 0.05) is 18.2 Å². The summed E-state index contributed by atoms with van der Waals surface area (Å²) >= 11 is 0. The SMILES string of the molecule is O=CC1=CN=C[SH]1CCC(F)=C(F)F. The van der Waals surface area contributed by atoms with E-state index in [0.717, 1.165) is 0 Å². The summed E-state index contributed by atoms with van der Waals surface area (Å²) in [6.45, 7) is 0. The predicted molar refractivity (Wildman–Crippen MR) is 51.5 cm³/mol. The molecule has 14 heavy (non-hydrogen) atoms. The molecule has 78 valence electrons. The number of hydrogen-bond donors (Lipinski definition) is 1. The highest BCUT2D eigenvalue weighted by Crippen LogP contribution is 2.36. The molecule has 1 atom stereocenters. The fourth-order valence-corrected chi connectivity index (χ4v) is 2.45. The van der Waals surface area contributed by atoms with Crippen molar-refractivity contribution in [3.63, 3.8) is 0 Å². The Hall–Kier alpha value is -1.04. The second kappa shape index (κ2) is 4.99. The maximum absolute atomic E-state index is 12.4. The Balaban J connectivity index is 2.47. The molecule has 0 amide bonds. The van der Waals surface area contributed by atoms with E-state index in [1.54, 1.807) is 0 Å². The lowest BCUT2D eigenvalue weighted by molar-refractivity contribution is -0.104. The zero-order valence-electron chi connectivity index (χ0n) is 7.08. The van der Waals surface area contributed by atoms with Gasteiger partial charge in [-0.3, -0.25) is 9.79 Å². The molecule has 0 saturated carbocycles. The quantitative estimate of drug-likeness (QED) is 0.576. The maximum atomic E-state index is 12.4. The van der Waals surface area contributed by atoms with Crippen LogP contribution in [0.2, 0.25) is 0 Å². The van der Waals surface area contributed by atoms with E-state index in [0.29, 0.717) is 11.2 Å². The van der Waals surface area contributed by atoms with Gasteiger partial charge in [-0.15, -0.1) is 0 Å². The third-order valence-electron chi connectivity index (χ3n) is 1.64. The molecule has 1 heterocycles. The van der Waals surface area contributed by atoms with Gasteiger partial charge in [0.2, 0.25) is 0 Å². The lowest BCUT2D eigenvalue weighted by Crippen LogP contribution is -1.93. The van der Waals surface area contributed by atoms with Gasteiger partial charge >= 0.3 is 6.08 Å². The van der Waals surface area contributed by atoms with Crippen LogP contribution in [0.5, 0.6) is 0 Å². The van der Waals surface area contributed by atoms with Gasteiger partial charge in [0.15, 0.2) is 12.1 Å². The summed E-state index contributed by atoms with van der Waals surface area (Å²) in [6, 6.07) is 0. The van der Waals surface area contributed by atoms with Gasteiger partial charge in [0.25, 0.3) is 0 Å². The van der Waals surface area contributed by atoms with Crippen molar-refractivity contribution in [2.75, 3.05) is 5.75 Å². The second-order valence-corrected chi connectivity index (χ2v) is 4.68. The lowest BCUT2D eigenvalue weighted by Gasteiger charge is -2.10. The minimum absolute atomic E-state index is 0.201. The summed E-state index contributed by atoms with van der Waals surface area (Å²) in [5.41, 5.74) is 1.52. The van der Waals surface area contributed by atoms with E-state index in [-0.39, 0.29) is 12.2 Å². The molecule has 0 spiro atoms. The van der Waals surface area contributed by atoms with E-state index in [1.165, 1.54) is 11.7 Å². The minimum Gasteiger partial charge on any atom is -0.297 e. The summed E-state index contributed by atoms with van der Waals surface area (Å²) in [7, 11) is -0.972. The number of aliphatic imine (C=N–C) groups is 1. The monoisotopic (exact) mass is 223 g/mol. The van der Waals surface area contributed by atoms with Crippen LogP contribution in [0.25, 0.3) is 0 Å². The van der Waals surface area contributed by atoms with Crippen LogP contribution in [0.15, 0.2) is 28.0 Å². The lowest BCUT2D eigenvalue weighted by atomic mass is 10.4. The van der Waals surface area contributed by atoms with Crippen LogP contribution in [0.3, 0.4) is 0 Å². The van der Waals surface area contributed by atoms with Crippen molar-refractivity contribution in [3.8, 4) is 0 Å². The van der Waals surface area contributed by atoms with Gasteiger partial charge in [0.05, 0.1) is 4.91 Å². The highest BCUT2D eigenvalue weighted by atomic mass is 32.2. The first kappa shape index (κ1) is 11.0. The zero-order valence-corrected chi connectivity index (χ0v) is 7.98. The number of carbonyl (C=O) groups is 1. The summed E-state index contributed by atoms with van der Waals surface area (Å²) in [6.07, 6.45) is -0.614. The summed E-state index contributed by atoms with van der Waals surface area (Å²) in [5, 5.41) is 0. The molecule has 0 aromatic heterocycles. The van der Waals surface area contributed by atoms with Crippen molar-refractivity contribution in [2.45, 2.75) is 6.42 Å². The molecule has 0 radical (unpaired) electrons. The maximum Gasteiger partial charge on any atom is 0.301 e. The number of hydrogen-bond acceptors (Lipinski definition) is 2. The number of rotatable bonds is 4. The molecule has 0 saturated heterocycles. The highest BCUT2D eigenvalue weighted by Gasteiger charge is 2.13. The van der Waals surface area contributed by atoms with Gasteiger partial charge in [-0.2, -0.15) is 19.7 Å². The van der Waals surface area contributed by atoms with E-state index in [2.05, 4.69) is 4.99 Å². The van der Waals surface area contributed by atoms with Gasteiger partial charge in [-0.25, -0.2) is 4.39 Å². The topological polar surface area (TPSA) is 29.4 Å². The fourth-order valence-electron chi connectivity index (χ4n) is 0.929. The van der Waals surface area contributed by atoms with E-state index < -0.39 is 22.8 Å². The van der Waals surface area contributed by atoms with Gasteiger partial charge in [-0.05, 0) is 5.75 Å².